The van der Waals surface area contributed by atoms with Crippen molar-refractivity contribution >= 4 is 23.4 Å². The molecule has 0 aliphatic rings. The highest BCUT2D eigenvalue weighted by Gasteiger charge is 2.18. The molecule has 1 aromatic heterocycles. The van der Waals surface area contributed by atoms with Gasteiger partial charge in [-0.3, -0.25) is 24.5 Å². The number of unbranched alkanes of at least 4 members (excludes halogenated alkanes) is 1. The van der Waals surface area contributed by atoms with E-state index >= 15 is 0 Å². The molecule has 1 heterocycles. The van der Waals surface area contributed by atoms with E-state index in [9.17, 15) is 19.2 Å². The van der Waals surface area contributed by atoms with E-state index in [0.29, 0.717) is 13.1 Å². The van der Waals surface area contributed by atoms with E-state index in [2.05, 4.69) is 4.98 Å². The summed E-state index contributed by atoms with van der Waals surface area (Å²) in [6.45, 7) is 4.69. The van der Waals surface area contributed by atoms with E-state index in [1.165, 1.54) is 4.57 Å². The van der Waals surface area contributed by atoms with Crippen LogP contribution in [-0.2, 0) is 11.3 Å². The number of aromatic amines is 1. The minimum Gasteiger partial charge on any atom is -0.383 e. The Bertz CT molecular complexity index is 708. The third-order valence-electron chi connectivity index (χ3n) is 3.52. The van der Waals surface area contributed by atoms with Gasteiger partial charge < -0.3 is 16.4 Å². The number of hydrogen-bond donors (Lipinski definition) is 4. The highest BCUT2D eigenvalue weighted by Crippen LogP contribution is 2.17. The van der Waals surface area contributed by atoms with Gasteiger partial charge in [0.25, 0.3) is 5.56 Å². The number of nitrogens with two attached hydrogens (primary N) is 2. The molecule has 0 saturated carbocycles. The molecule has 3 amide bonds. The maximum Gasteiger partial charge on any atom is 0.330 e. The Balaban J connectivity index is 3.08. The van der Waals surface area contributed by atoms with Crippen molar-refractivity contribution in [3.63, 3.8) is 0 Å². The lowest BCUT2D eigenvalue weighted by Crippen LogP contribution is -2.41. The van der Waals surface area contributed by atoms with Crippen LogP contribution >= 0.6 is 0 Å². The summed E-state index contributed by atoms with van der Waals surface area (Å²) in [6.07, 6.45) is 1.55. The third kappa shape index (κ3) is 4.86. The lowest BCUT2D eigenvalue weighted by Gasteiger charge is -2.24. The number of anilines is 2. The zero-order valence-electron chi connectivity index (χ0n) is 13.9. The lowest BCUT2D eigenvalue weighted by atomic mass is 10.3. The van der Waals surface area contributed by atoms with Crippen LogP contribution in [-0.4, -0.2) is 34.6 Å². The van der Waals surface area contributed by atoms with Crippen LogP contribution in [0, 0.1) is 0 Å². The minimum absolute atomic E-state index is 0.0518. The van der Waals surface area contributed by atoms with Gasteiger partial charge in [0, 0.05) is 26.1 Å². The molecule has 0 atom stereocenters. The Morgan fingerprint density at radius 2 is 1.96 bits per heavy atom. The molecular weight excluding hydrogens is 316 g/mol. The van der Waals surface area contributed by atoms with Crippen molar-refractivity contribution in [3.05, 3.63) is 20.8 Å². The van der Waals surface area contributed by atoms with Crippen LogP contribution in [0.1, 0.15) is 33.1 Å². The average Bonchev–Trinajstić information content (AvgIpc) is 2.49. The van der Waals surface area contributed by atoms with Crippen molar-refractivity contribution in [2.75, 3.05) is 23.7 Å². The van der Waals surface area contributed by atoms with E-state index in [0.717, 1.165) is 12.8 Å². The van der Waals surface area contributed by atoms with Crippen LogP contribution in [0.25, 0.3) is 0 Å². The second-order valence-electron chi connectivity index (χ2n) is 5.24. The standard InChI is InChI=1S/C14H24N6O4/c1-3-5-7-20-11(15)10(12(22)18-14(20)24)19(4-2)8-6-9(21)17-13(16)23/h3-8,15H2,1-2H3,(H,18,22,24)(H3,16,17,21,23). The molecule has 0 saturated heterocycles. The van der Waals surface area contributed by atoms with Gasteiger partial charge in [0.2, 0.25) is 5.91 Å². The Morgan fingerprint density at radius 3 is 2.50 bits per heavy atom. The predicted molar refractivity (Wildman–Crippen MR) is 90.9 cm³/mol. The molecule has 0 bridgehead atoms. The number of hydrogen-bond acceptors (Lipinski definition) is 6. The summed E-state index contributed by atoms with van der Waals surface area (Å²) in [7, 11) is 0. The molecule has 0 unspecified atom stereocenters. The second-order valence-corrected chi connectivity index (χ2v) is 5.24. The third-order valence-corrected chi connectivity index (χ3v) is 3.52. The molecule has 0 aromatic carbocycles. The van der Waals surface area contributed by atoms with Crippen molar-refractivity contribution in [2.45, 2.75) is 39.7 Å². The van der Waals surface area contributed by atoms with Crippen molar-refractivity contribution in [1.29, 1.82) is 0 Å². The van der Waals surface area contributed by atoms with E-state index < -0.39 is 23.2 Å². The van der Waals surface area contributed by atoms with Gasteiger partial charge in [-0.05, 0) is 13.3 Å². The average molecular weight is 340 g/mol. The first-order valence-electron chi connectivity index (χ1n) is 7.78. The van der Waals surface area contributed by atoms with Crippen molar-refractivity contribution < 1.29 is 9.59 Å². The number of nitrogens with zero attached hydrogens (tertiary/aromatic N) is 2. The van der Waals surface area contributed by atoms with Gasteiger partial charge in [-0.15, -0.1) is 0 Å². The van der Waals surface area contributed by atoms with Crippen LogP contribution in [0.2, 0.25) is 0 Å². The van der Waals surface area contributed by atoms with Gasteiger partial charge in [-0.25, -0.2) is 9.59 Å². The number of carbonyl (C=O) groups excluding carboxylic acids is 2. The summed E-state index contributed by atoms with van der Waals surface area (Å²) in [5, 5.41) is 1.95. The van der Waals surface area contributed by atoms with Crippen LogP contribution < -0.4 is 32.9 Å². The maximum atomic E-state index is 12.1. The molecule has 0 aliphatic heterocycles. The quantitative estimate of drug-likeness (QED) is 0.491. The molecule has 1 aromatic rings. The Kier molecular flexibility index (Phi) is 7.02. The fourth-order valence-corrected chi connectivity index (χ4v) is 2.29. The number of carbonyl (C=O) groups is 2. The van der Waals surface area contributed by atoms with Crippen molar-refractivity contribution in [1.82, 2.24) is 14.9 Å². The number of imide groups is 1. The van der Waals surface area contributed by atoms with E-state index in [1.807, 2.05) is 12.2 Å². The molecule has 24 heavy (non-hydrogen) atoms. The lowest BCUT2D eigenvalue weighted by molar-refractivity contribution is -0.119. The minimum atomic E-state index is -0.937. The monoisotopic (exact) mass is 340 g/mol. The topological polar surface area (TPSA) is 156 Å². The Hall–Kier alpha value is -2.78. The first-order valence-corrected chi connectivity index (χ1v) is 7.78. The zero-order chi connectivity index (χ0) is 18.3. The number of urea groups is 1. The van der Waals surface area contributed by atoms with Gasteiger partial charge in [0.05, 0.1) is 0 Å². The number of primary amides is 1. The molecule has 10 nitrogen and oxygen atoms in total. The van der Waals surface area contributed by atoms with Crippen LogP contribution in [0.4, 0.5) is 16.3 Å². The Morgan fingerprint density at radius 1 is 1.29 bits per heavy atom. The van der Waals surface area contributed by atoms with Crippen LogP contribution in [0.3, 0.4) is 0 Å². The van der Waals surface area contributed by atoms with Crippen LogP contribution in [0.5, 0.6) is 0 Å². The van der Waals surface area contributed by atoms with Gasteiger partial charge >= 0.3 is 11.7 Å². The summed E-state index contributed by atoms with van der Waals surface area (Å²) in [4.78, 5) is 50.1. The first kappa shape index (κ1) is 19.3. The molecule has 6 N–H and O–H groups in total. The number of H-pyrrole nitrogens is 1. The van der Waals surface area contributed by atoms with Crippen molar-refractivity contribution in [3.8, 4) is 0 Å². The molecule has 0 radical (unpaired) electrons. The summed E-state index contributed by atoms with van der Waals surface area (Å²) in [6, 6.07) is -0.937. The summed E-state index contributed by atoms with van der Waals surface area (Å²) in [5.41, 5.74) is 9.86. The molecule has 134 valence electrons. The molecule has 0 spiro atoms. The van der Waals surface area contributed by atoms with E-state index in [1.54, 1.807) is 11.8 Å². The molecular formula is C14H24N6O4. The highest BCUT2D eigenvalue weighted by molar-refractivity contribution is 5.93. The normalized spacial score (nSPS) is 10.4. The zero-order valence-corrected chi connectivity index (χ0v) is 13.9. The SMILES string of the molecule is CCCCn1c(N)c(N(CC)CCC(=O)NC(N)=O)c(=O)[nH]c1=O. The van der Waals surface area contributed by atoms with Crippen molar-refractivity contribution in [2.24, 2.45) is 5.73 Å². The summed E-state index contributed by atoms with van der Waals surface area (Å²) in [5.74, 6) is -0.496. The number of amides is 3. The molecule has 1 rings (SSSR count). The number of nitrogens with one attached hydrogen (secondary N) is 2. The van der Waals surface area contributed by atoms with E-state index in [-0.39, 0.29) is 24.5 Å². The van der Waals surface area contributed by atoms with Gasteiger partial charge in [-0.2, -0.15) is 0 Å². The van der Waals surface area contributed by atoms with Crippen LogP contribution in [0.15, 0.2) is 9.59 Å². The van der Waals surface area contributed by atoms with Gasteiger partial charge in [0.1, 0.15) is 11.5 Å². The summed E-state index contributed by atoms with van der Waals surface area (Å²) >= 11 is 0. The first-order chi connectivity index (χ1) is 11.3. The molecule has 10 heteroatoms. The predicted octanol–water partition coefficient (Wildman–Crippen LogP) is -0.670. The fourth-order valence-electron chi connectivity index (χ4n) is 2.29. The van der Waals surface area contributed by atoms with Gasteiger partial charge in [-0.1, -0.05) is 13.3 Å². The Labute approximate surface area is 138 Å². The highest BCUT2D eigenvalue weighted by atomic mass is 16.2. The fraction of sp³-hybridized carbons (Fsp3) is 0.571. The number of nitrogen functional groups attached to an aromatic ring is 1. The molecule has 0 fully saturated rings. The largest absolute Gasteiger partial charge is 0.383 e. The second kappa shape index (κ2) is 8.75. The maximum absolute atomic E-state index is 12.1. The summed E-state index contributed by atoms with van der Waals surface area (Å²) < 4.78 is 1.31. The smallest absolute Gasteiger partial charge is 0.330 e. The van der Waals surface area contributed by atoms with Gasteiger partial charge in [0.15, 0.2) is 0 Å². The molecule has 0 aliphatic carbocycles. The number of rotatable bonds is 8. The number of aromatic nitrogens is 2. The van der Waals surface area contributed by atoms with E-state index in [4.69, 9.17) is 11.5 Å².